The number of carbonyl (C=O) groups excluding carboxylic acids is 1. The number of fused-ring (bicyclic) bond motifs is 2. The average Bonchev–Trinajstić information content (AvgIpc) is 2.98. The molecular formula is C21H22N2O4. The van der Waals surface area contributed by atoms with Crippen molar-refractivity contribution in [2.75, 3.05) is 25.6 Å². The van der Waals surface area contributed by atoms with E-state index in [1.165, 1.54) is 0 Å². The van der Waals surface area contributed by atoms with Gasteiger partial charge in [0.2, 0.25) is 0 Å². The van der Waals surface area contributed by atoms with E-state index < -0.39 is 0 Å². The SMILES string of the molecule is CCn1c(C)c(C(=O)Nc2ccc3c(c2)OCCO3)c2cc(OC)ccc21. The minimum Gasteiger partial charge on any atom is -0.497 e. The standard InChI is InChI=1S/C21H22N2O4/c1-4-23-13(2)20(16-12-15(25-3)6-7-17(16)23)21(24)22-14-5-8-18-19(11-14)27-10-9-26-18/h5-8,11-12H,4,9-10H2,1-3H3,(H,22,24). The molecule has 2 heterocycles. The normalized spacial score (nSPS) is 12.9. The van der Waals surface area contributed by atoms with Gasteiger partial charge in [-0.25, -0.2) is 0 Å². The second-order valence-electron chi connectivity index (χ2n) is 6.40. The van der Waals surface area contributed by atoms with Crippen molar-refractivity contribution in [1.29, 1.82) is 0 Å². The van der Waals surface area contributed by atoms with Gasteiger partial charge in [-0.05, 0) is 44.2 Å². The number of amides is 1. The summed E-state index contributed by atoms with van der Waals surface area (Å²) in [6, 6.07) is 11.2. The van der Waals surface area contributed by atoms with Crippen LogP contribution in [0.25, 0.3) is 10.9 Å². The Balaban J connectivity index is 1.73. The fourth-order valence-corrected chi connectivity index (χ4v) is 3.60. The molecule has 4 rings (SSSR count). The second-order valence-corrected chi connectivity index (χ2v) is 6.40. The molecule has 0 bridgehead atoms. The summed E-state index contributed by atoms with van der Waals surface area (Å²) in [6.45, 7) is 5.86. The lowest BCUT2D eigenvalue weighted by Gasteiger charge is -2.19. The summed E-state index contributed by atoms with van der Waals surface area (Å²) in [5.74, 6) is 1.91. The van der Waals surface area contributed by atoms with Crippen molar-refractivity contribution in [2.24, 2.45) is 0 Å². The van der Waals surface area contributed by atoms with Crippen LogP contribution in [0.3, 0.4) is 0 Å². The first kappa shape index (κ1) is 17.3. The summed E-state index contributed by atoms with van der Waals surface area (Å²) in [6.07, 6.45) is 0. The van der Waals surface area contributed by atoms with E-state index in [-0.39, 0.29) is 5.91 Å². The molecule has 2 aromatic carbocycles. The molecule has 0 radical (unpaired) electrons. The summed E-state index contributed by atoms with van der Waals surface area (Å²) in [7, 11) is 1.62. The molecule has 1 N–H and O–H groups in total. The Morgan fingerprint density at radius 3 is 2.67 bits per heavy atom. The zero-order valence-corrected chi connectivity index (χ0v) is 15.7. The Kier molecular flexibility index (Phi) is 4.39. The van der Waals surface area contributed by atoms with Crippen molar-refractivity contribution in [3.8, 4) is 17.2 Å². The molecule has 0 fully saturated rings. The van der Waals surface area contributed by atoms with E-state index >= 15 is 0 Å². The molecule has 0 atom stereocenters. The summed E-state index contributed by atoms with van der Waals surface area (Å²) in [5.41, 5.74) is 3.27. The van der Waals surface area contributed by atoms with Gasteiger partial charge in [-0.3, -0.25) is 4.79 Å². The molecular weight excluding hydrogens is 344 g/mol. The van der Waals surface area contributed by atoms with Gasteiger partial charge >= 0.3 is 0 Å². The molecule has 0 saturated carbocycles. The summed E-state index contributed by atoms with van der Waals surface area (Å²) in [4.78, 5) is 13.1. The molecule has 0 aliphatic carbocycles. The van der Waals surface area contributed by atoms with Gasteiger partial charge in [0.05, 0.1) is 12.7 Å². The highest BCUT2D eigenvalue weighted by atomic mass is 16.6. The van der Waals surface area contributed by atoms with Crippen LogP contribution in [0.2, 0.25) is 0 Å². The molecule has 6 nitrogen and oxygen atoms in total. The van der Waals surface area contributed by atoms with Crippen LogP contribution in [-0.2, 0) is 6.54 Å². The number of nitrogens with one attached hydrogen (secondary N) is 1. The average molecular weight is 366 g/mol. The highest BCUT2D eigenvalue weighted by Gasteiger charge is 2.21. The van der Waals surface area contributed by atoms with E-state index in [4.69, 9.17) is 14.2 Å². The van der Waals surface area contributed by atoms with Crippen LogP contribution >= 0.6 is 0 Å². The smallest absolute Gasteiger partial charge is 0.258 e. The van der Waals surface area contributed by atoms with Gasteiger partial charge in [-0.2, -0.15) is 0 Å². The van der Waals surface area contributed by atoms with Gasteiger partial charge < -0.3 is 24.1 Å². The molecule has 0 saturated heterocycles. The quantitative estimate of drug-likeness (QED) is 0.758. The topological polar surface area (TPSA) is 61.7 Å². The Labute approximate surface area is 157 Å². The fraction of sp³-hybridized carbons (Fsp3) is 0.286. The molecule has 0 unspecified atom stereocenters. The second kappa shape index (κ2) is 6.87. The van der Waals surface area contributed by atoms with Gasteiger partial charge in [0.1, 0.15) is 19.0 Å². The third-order valence-corrected chi connectivity index (χ3v) is 4.87. The number of benzene rings is 2. The van der Waals surface area contributed by atoms with Crippen LogP contribution < -0.4 is 19.5 Å². The van der Waals surface area contributed by atoms with Crippen LogP contribution in [0.4, 0.5) is 5.69 Å². The summed E-state index contributed by atoms with van der Waals surface area (Å²) in [5, 5.41) is 3.87. The first-order valence-corrected chi connectivity index (χ1v) is 9.00. The highest BCUT2D eigenvalue weighted by molar-refractivity contribution is 6.14. The van der Waals surface area contributed by atoms with Gasteiger partial charge in [0.15, 0.2) is 11.5 Å². The number of methoxy groups -OCH3 is 1. The van der Waals surface area contributed by atoms with E-state index in [2.05, 4.69) is 16.8 Å². The number of ether oxygens (including phenoxy) is 3. The van der Waals surface area contributed by atoms with Gasteiger partial charge in [0, 0.05) is 34.9 Å². The maximum atomic E-state index is 13.1. The monoisotopic (exact) mass is 366 g/mol. The molecule has 140 valence electrons. The number of anilines is 1. The van der Waals surface area contributed by atoms with Crippen molar-refractivity contribution >= 4 is 22.5 Å². The Bertz CT molecular complexity index is 1020. The van der Waals surface area contributed by atoms with Crippen molar-refractivity contribution in [1.82, 2.24) is 4.57 Å². The van der Waals surface area contributed by atoms with Crippen LogP contribution in [0.1, 0.15) is 23.0 Å². The molecule has 6 heteroatoms. The van der Waals surface area contributed by atoms with E-state index in [0.717, 1.165) is 28.9 Å². The maximum Gasteiger partial charge on any atom is 0.258 e. The molecule has 1 aliphatic rings. The number of nitrogens with zero attached hydrogens (tertiary/aromatic N) is 1. The summed E-state index contributed by atoms with van der Waals surface area (Å²) < 4.78 is 18.6. The van der Waals surface area contributed by atoms with Crippen molar-refractivity contribution in [2.45, 2.75) is 20.4 Å². The highest BCUT2D eigenvalue weighted by Crippen LogP contribution is 2.34. The molecule has 27 heavy (non-hydrogen) atoms. The number of rotatable bonds is 4. The molecule has 3 aromatic rings. The third kappa shape index (κ3) is 2.97. The van der Waals surface area contributed by atoms with Crippen LogP contribution in [0.15, 0.2) is 36.4 Å². The lowest BCUT2D eigenvalue weighted by atomic mass is 10.1. The molecule has 1 aliphatic heterocycles. The van der Waals surface area contributed by atoms with Crippen LogP contribution in [0.5, 0.6) is 17.2 Å². The predicted molar refractivity (Wildman–Crippen MR) is 104 cm³/mol. The van der Waals surface area contributed by atoms with Gasteiger partial charge in [-0.1, -0.05) is 0 Å². The zero-order valence-electron chi connectivity index (χ0n) is 15.7. The molecule has 1 amide bonds. The minimum atomic E-state index is -0.158. The lowest BCUT2D eigenvalue weighted by molar-refractivity contribution is 0.102. The van der Waals surface area contributed by atoms with Crippen molar-refractivity contribution in [3.63, 3.8) is 0 Å². The fourth-order valence-electron chi connectivity index (χ4n) is 3.60. The first-order valence-electron chi connectivity index (χ1n) is 9.00. The summed E-state index contributed by atoms with van der Waals surface area (Å²) >= 11 is 0. The first-order chi connectivity index (χ1) is 13.1. The number of hydrogen-bond donors (Lipinski definition) is 1. The predicted octanol–water partition coefficient (Wildman–Crippen LogP) is 4.00. The molecule has 1 aromatic heterocycles. The van der Waals surface area contributed by atoms with Crippen molar-refractivity contribution < 1.29 is 19.0 Å². The van der Waals surface area contributed by atoms with E-state index in [9.17, 15) is 4.79 Å². The van der Waals surface area contributed by atoms with Crippen LogP contribution in [-0.4, -0.2) is 30.8 Å². The number of hydrogen-bond acceptors (Lipinski definition) is 4. The van der Waals surface area contributed by atoms with E-state index in [1.807, 2.05) is 37.3 Å². The molecule has 0 spiro atoms. The van der Waals surface area contributed by atoms with Gasteiger partial charge in [0.25, 0.3) is 5.91 Å². The Morgan fingerprint density at radius 1 is 1.15 bits per heavy atom. The van der Waals surface area contributed by atoms with Crippen LogP contribution in [0, 0.1) is 6.92 Å². The van der Waals surface area contributed by atoms with Gasteiger partial charge in [-0.15, -0.1) is 0 Å². The number of aromatic nitrogens is 1. The lowest BCUT2D eigenvalue weighted by Crippen LogP contribution is -2.17. The van der Waals surface area contributed by atoms with E-state index in [1.54, 1.807) is 13.2 Å². The maximum absolute atomic E-state index is 13.1. The third-order valence-electron chi connectivity index (χ3n) is 4.87. The minimum absolute atomic E-state index is 0.158. The number of aryl methyl sites for hydroxylation is 1. The number of carbonyl (C=O) groups is 1. The zero-order chi connectivity index (χ0) is 19.0. The Morgan fingerprint density at radius 2 is 1.93 bits per heavy atom. The Hall–Kier alpha value is -3.15. The largest absolute Gasteiger partial charge is 0.497 e. The van der Waals surface area contributed by atoms with E-state index in [0.29, 0.717) is 36.0 Å². The van der Waals surface area contributed by atoms with Crippen molar-refractivity contribution in [3.05, 3.63) is 47.7 Å².